The fourth-order valence-corrected chi connectivity index (χ4v) is 1.40. The van der Waals surface area contributed by atoms with Gasteiger partial charge in [-0.2, -0.15) is 0 Å². The molecule has 0 atom stereocenters. The van der Waals surface area contributed by atoms with Crippen molar-refractivity contribution in [1.82, 2.24) is 9.97 Å². The number of nitrogens with zero attached hydrogens (tertiary/aromatic N) is 2. The lowest BCUT2D eigenvalue weighted by atomic mass is 10.0. The van der Waals surface area contributed by atoms with Gasteiger partial charge in [0.15, 0.2) is 0 Å². The lowest BCUT2D eigenvalue weighted by molar-refractivity contribution is 1.17. The monoisotopic (exact) mass is 185 g/mol. The minimum atomic E-state index is 0.798. The topological polar surface area (TPSA) is 51.8 Å². The highest BCUT2D eigenvalue weighted by Gasteiger charge is 2.03. The van der Waals surface area contributed by atoms with Crippen LogP contribution in [0.4, 0.5) is 5.69 Å². The quantitative estimate of drug-likeness (QED) is 0.691. The van der Waals surface area contributed by atoms with Crippen molar-refractivity contribution in [2.24, 2.45) is 0 Å². The minimum Gasteiger partial charge on any atom is -0.398 e. The maximum absolute atomic E-state index is 5.82. The summed E-state index contributed by atoms with van der Waals surface area (Å²) >= 11 is 0. The van der Waals surface area contributed by atoms with Crippen LogP contribution in [0.1, 0.15) is 5.56 Å². The van der Waals surface area contributed by atoms with Crippen LogP contribution in [0.15, 0.2) is 36.9 Å². The highest BCUT2D eigenvalue weighted by atomic mass is 14.8. The zero-order valence-corrected chi connectivity index (χ0v) is 7.94. The van der Waals surface area contributed by atoms with Gasteiger partial charge in [-0.05, 0) is 24.1 Å². The zero-order chi connectivity index (χ0) is 9.97. The Morgan fingerprint density at radius 3 is 2.57 bits per heavy atom. The summed E-state index contributed by atoms with van der Waals surface area (Å²) in [5.41, 5.74) is 9.77. The Morgan fingerprint density at radius 1 is 1.14 bits per heavy atom. The summed E-state index contributed by atoms with van der Waals surface area (Å²) in [6.45, 7) is 2.00. The van der Waals surface area contributed by atoms with Crippen LogP contribution in [0.3, 0.4) is 0 Å². The molecule has 2 rings (SSSR count). The summed E-state index contributed by atoms with van der Waals surface area (Å²) in [5.74, 6) is 0. The zero-order valence-electron chi connectivity index (χ0n) is 7.94. The molecule has 0 aliphatic heterocycles. The summed E-state index contributed by atoms with van der Waals surface area (Å²) < 4.78 is 0. The summed E-state index contributed by atoms with van der Waals surface area (Å²) in [6.07, 6.45) is 5.09. The van der Waals surface area contributed by atoms with Crippen LogP contribution >= 0.6 is 0 Å². The Morgan fingerprint density at radius 2 is 1.86 bits per heavy atom. The molecular formula is C11H11N3. The van der Waals surface area contributed by atoms with Crippen molar-refractivity contribution in [3.63, 3.8) is 0 Å². The van der Waals surface area contributed by atoms with Crippen LogP contribution in [0.5, 0.6) is 0 Å². The van der Waals surface area contributed by atoms with Crippen molar-refractivity contribution in [2.75, 3.05) is 5.73 Å². The first kappa shape index (κ1) is 8.69. The largest absolute Gasteiger partial charge is 0.398 e. The molecule has 1 aromatic heterocycles. The summed E-state index contributed by atoms with van der Waals surface area (Å²) in [6, 6.07) is 5.84. The standard InChI is InChI=1S/C11H11N3/c1-8-10(3-2-4-11(8)12)9-5-13-7-14-6-9/h2-7H,12H2,1H3. The number of nitrogen functional groups attached to an aromatic ring is 1. The molecule has 0 saturated carbocycles. The average molecular weight is 185 g/mol. The molecule has 14 heavy (non-hydrogen) atoms. The van der Waals surface area contributed by atoms with E-state index < -0.39 is 0 Å². The molecule has 0 spiro atoms. The van der Waals surface area contributed by atoms with E-state index >= 15 is 0 Å². The van der Waals surface area contributed by atoms with E-state index in [4.69, 9.17) is 5.73 Å². The fourth-order valence-electron chi connectivity index (χ4n) is 1.40. The van der Waals surface area contributed by atoms with Gasteiger partial charge >= 0.3 is 0 Å². The van der Waals surface area contributed by atoms with Crippen LogP contribution < -0.4 is 5.73 Å². The maximum Gasteiger partial charge on any atom is 0.115 e. The lowest BCUT2D eigenvalue weighted by Crippen LogP contribution is -1.92. The van der Waals surface area contributed by atoms with Crippen molar-refractivity contribution in [3.05, 3.63) is 42.5 Å². The van der Waals surface area contributed by atoms with Crippen LogP contribution in [-0.4, -0.2) is 9.97 Å². The Kier molecular flexibility index (Phi) is 2.14. The van der Waals surface area contributed by atoms with Crippen molar-refractivity contribution >= 4 is 5.69 Å². The van der Waals surface area contributed by atoms with Gasteiger partial charge < -0.3 is 5.73 Å². The van der Waals surface area contributed by atoms with Crippen LogP contribution in [0.2, 0.25) is 0 Å². The van der Waals surface area contributed by atoms with Gasteiger partial charge in [0, 0.05) is 23.6 Å². The second-order valence-electron chi connectivity index (χ2n) is 3.15. The lowest BCUT2D eigenvalue weighted by Gasteiger charge is -2.06. The normalized spacial score (nSPS) is 10.1. The third-order valence-corrected chi connectivity index (χ3v) is 2.25. The highest BCUT2D eigenvalue weighted by Crippen LogP contribution is 2.25. The molecule has 1 heterocycles. The maximum atomic E-state index is 5.82. The Bertz CT molecular complexity index is 438. The molecule has 70 valence electrons. The van der Waals surface area contributed by atoms with Crippen molar-refractivity contribution in [1.29, 1.82) is 0 Å². The predicted octanol–water partition coefficient (Wildman–Crippen LogP) is 2.03. The van der Waals surface area contributed by atoms with Gasteiger partial charge in [0.2, 0.25) is 0 Å². The third-order valence-electron chi connectivity index (χ3n) is 2.25. The van der Waals surface area contributed by atoms with Gasteiger partial charge in [-0.15, -0.1) is 0 Å². The van der Waals surface area contributed by atoms with Gasteiger partial charge in [-0.25, -0.2) is 9.97 Å². The number of nitrogens with two attached hydrogens (primary N) is 1. The molecule has 3 nitrogen and oxygen atoms in total. The van der Waals surface area contributed by atoms with Crippen molar-refractivity contribution < 1.29 is 0 Å². The average Bonchev–Trinajstić information content (AvgIpc) is 2.23. The van der Waals surface area contributed by atoms with E-state index in [2.05, 4.69) is 9.97 Å². The molecule has 1 aromatic carbocycles. The molecule has 3 heteroatoms. The van der Waals surface area contributed by atoms with E-state index in [-0.39, 0.29) is 0 Å². The number of anilines is 1. The molecule has 0 unspecified atom stereocenters. The molecule has 0 saturated heterocycles. The molecular weight excluding hydrogens is 174 g/mol. The minimum absolute atomic E-state index is 0.798. The van der Waals surface area contributed by atoms with Gasteiger partial charge in [-0.3, -0.25) is 0 Å². The molecule has 0 aliphatic carbocycles. The summed E-state index contributed by atoms with van der Waals surface area (Å²) in [5, 5.41) is 0. The highest BCUT2D eigenvalue weighted by molar-refractivity contribution is 5.71. The molecule has 0 aliphatic rings. The second kappa shape index (κ2) is 3.46. The predicted molar refractivity (Wildman–Crippen MR) is 56.6 cm³/mol. The Balaban J connectivity index is 2.58. The van der Waals surface area contributed by atoms with Gasteiger partial charge in [0.05, 0.1) is 0 Å². The first-order valence-electron chi connectivity index (χ1n) is 4.39. The molecule has 0 amide bonds. The number of rotatable bonds is 1. The first-order valence-corrected chi connectivity index (χ1v) is 4.39. The van der Waals surface area contributed by atoms with Gasteiger partial charge in [0.25, 0.3) is 0 Å². The van der Waals surface area contributed by atoms with E-state index in [0.29, 0.717) is 0 Å². The molecule has 2 aromatic rings. The Labute approximate surface area is 82.6 Å². The number of aromatic nitrogens is 2. The summed E-state index contributed by atoms with van der Waals surface area (Å²) in [4.78, 5) is 7.96. The van der Waals surface area contributed by atoms with E-state index in [1.807, 2.05) is 25.1 Å². The number of hydrogen-bond acceptors (Lipinski definition) is 3. The van der Waals surface area contributed by atoms with Gasteiger partial charge in [0.1, 0.15) is 6.33 Å². The molecule has 0 radical (unpaired) electrons. The molecule has 0 fully saturated rings. The number of hydrogen-bond donors (Lipinski definition) is 1. The number of benzene rings is 1. The van der Waals surface area contributed by atoms with E-state index in [9.17, 15) is 0 Å². The first-order chi connectivity index (χ1) is 6.79. The Hall–Kier alpha value is -1.90. The van der Waals surface area contributed by atoms with E-state index in [0.717, 1.165) is 22.4 Å². The van der Waals surface area contributed by atoms with Crippen LogP contribution in [0.25, 0.3) is 11.1 Å². The fraction of sp³-hybridized carbons (Fsp3) is 0.0909. The molecule has 0 bridgehead atoms. The van der Waals surface area contributed by atoms with Crippen molar-refractivity contribution in [3.8, 4) is 11.1 Å². The smallest absolute Gasteiger partial charge is 0.115 e. The van der Waals surface area contributed by atoms with Crippen LogP contribution in [-0.2, 0) is 0 Å². The van der Waals surface area contributed by atoms with E-state index in [1.54, 1.807) is 12.4 Å². The SMILES string of the molecule is Cc1c(N)cccc1-c1cncnc1. The second-order valence-corrected chi connectivity index (χ2v) is 3.15. The molecule has 2 N–H and O–H groups in total. The third kappa shape index (κ3) is 1.44. The van der Waals surface area contributed by atoms with Crippen molar-refractivity contribution in [2.45, 2.75) is 6.92 Å². The summed E-state index contributed by atoms with van der Waals surface area (Å²) in [7, 11) is 0. The van der Waals surface area contributed by atoms with Crippen LogP contribution in [0, 0.1) is 6.92 Å². The van der Waals surface area contributed by atoms with Gasteiger partial charge in [-0.1, -0.05) is 12.1 Å². The van der Waals surface area contributed by atoms with E-state index in [1.165, 1.54) is 6.33 Å².